The maximum atomic E-state index is 13.3. The van der Waals surface area contributed by atoms with Gasteiger partial charge in [-0.05, 0) is 30.7 Å². The zero-order valence-electron chi connectivity index (χ0n) is 16.9. The van der Waals surface area contributed by atoms with E-state index < -0.39 is 11.6 Å². The van der Waals surface area contributed by atoms with Crippen molar-refractivity contribution >= 4 is 17.8 Å². The van der Waals surface area contributed by atoms with Gasteiger partial charge in [-0.2, -0.15) is 0 Å². The lowest BCUT2D eigenvalue weighted by Gasteiger charge is -2.30. The molecule has 2 fully saturated rings. The second-order valence-corrected chi connectivity index (χ2v) is 8.13. The summed E-state index contributed by atoms with van der Waals surface area (Å²) in [6.07, 6.45) is 6.60. The van der Waals surface area contributed by atoms with Gasteiger partial charge in [0.1, 0.15) is 12.1 Å². The number of urea groups is 1. The molecular formula is C22H31N3O3. The molecule has 152 valence electrons. The maximum Gasteiger partial charge on any atom is 0.325 e. The third-order valence-electron chi connectivity index (χ3n) is 6.11. The summed E-state index contributed by atoms with van der Waals surface area (Å²) in [4.78, 5) is 39.6. The number of unbranched alkanes of at least 4 members (excludes halogenated alkanes) is 1. The van der Waals surface area contributed by atoms with Gasteiger partial charge in [0.2, 0.25) is 5.91 Å². The summed E-state index contributed by atoms with van der Waals surface area (Å²) in [6, 6.07) is 8.97. The van der Waals surface area contributed by atoms with Gasteiger partial charge in [-0.25, -0.2) is 4.79 Å². The van der Waals surface area contributed by atoms with Crippen LogP contribution in [0.1, 0.15) is 64.4 Å². The van der Waals surface area contributed by atoms with Gasteiger partial charge < -0.3 is 10.6 Å². The Morgan fingerprint density at radius 1 is 1.21 bits per heavy atom. The molecule has 0 aromatic heterocycles. The van der Waals surface area contributed by atoms with Crippen molar-refractivity contribution in [2.24, 2.45) is 5.92 Å². The van der Waals surface area contributed by atoms with E-state index in [9.17, 15) is 14.4 Å². The zero-order valence-corrected chi connectivity index (χ0v) is 16.9. The van der Waals surface area contributed by atoms with Crippen LogP contribution in [0.3, 0.4) is 0 Å². The molecule has 6 nitrogen and oxygen atoms in total. The van der Waals surface area contributed by atoms with Crippen molar-refractivity contribution in [1.82, 2.24) is 15.5 Å². The average molecular weight is 386 g/mol. The zero-order chi connectivity index (χ0) is 20.1. The van der Waals surface area contributed by atoms with Gasteiger partial charge in [0.15, 0.2) is 0 Å². The quantitative estimate of drug-likeness (QED) is 0.707. The molecule has 1 aromatic rings. The van der Waals surface area contributed by atoms with Crippen LogP contribution in [-0.2, 0) is 15.1 Å². The summed E-state index contributed by atoms with van der Waals surface area (Å²) in [5.74, 6) is -0.167. The number of amides is 4. The van der Waals surface area contributed by atoms with Crippen LogP contribution < -0.4 is 10.6 Å². The first-order valence-corrected chi connectivity index (χ1v) is 10.5. The van der Waals surface area contributed by atoms with Crippen LogP contribution in [0, 0.1) is 5.92 Å². The van der Waals surface area contributed by atoms with E-state index >= 15 is 0 Å². The topological polar surface area (TPSA) is 78.5 Å². The molecule has 1 saturated heterocycles. The Hall–Kier alpha value is -2.37. The minimum absolute atomic E-state index is 0.126. The molecule has 1 heterocycles. The molecule has 28 heavy (non-hydrogen) atoms. The van der Waals surface area contributed by atoms with Crippen LogP contribution in [0.15, 0.2) is 30.3 Å². The van der Waals surface area contributed by atoms with E-state index in [1.807, 2.05) is 30.3 Å². The van der Waals surface area contributed by atoms with Crippen molar-refractivity contribution < 1.29 is 14.4 Å². The highest BCUT2D eigenvalue weighted by Crippen LogP contribution is 2.34. The van der Waals surface area contributed by atoms with E-state index in [2.05, 4.69) is 24.5 Å². The number of imide groups is 1. The number of carbonyl (C=O) groups excluding carboxylic acids is 3. The third kappa shape index (κ3) is 4.05. The first kappa shape index (κ1) is 20.4. The van der Waals surface area contributed by atoms with Crippen LogP contribution in [0.25, 0.3) is 0 Å². The van der Waals surface area contributed by atoms with Gasteiger partial charge in [0.25, 0.3) is 5.91 Å². The van der Waals surface area contributed by atoms with Gasteiger partial charge in [-0.1, -0.05) is 69.9 Å². The fraction of sp³-hybridized carbons (Fsp3) is 0.591. The molecule has 2 N–H and O–H groups in total. The first-order chi connectivity index (χ1) is 13.5. The molecule has 4 amide bonds. The number of carbonyl (C=O) groups is 3. The van der Waals surface area contributed by atoms with Crippen molar-refractivity contribution in [2.75, 3.05) is 6.54 Å². The minimum atomic E-state index is -1.08. The highest BCUT2D eigenvalue weighted by molar-refractivity contribution is 6.09. The SMILES string of the molecule is CCCCC1(c2ccccc2)NC(=O)N(CC(=O)NC2CCCCC2C)C1=O. The van der Waals surface area contributed by atoms with Gasteiger partial charge in [-0.15, -0.1) is 0 Å². The molecule has 3 unspecified atom stereocenters. The van der Waals surface area contributed by atoms with Gasteiger partial charge >= 0.3 is 6.03 Å². The van der Waals surface area contributed by atoms with Crippen LogP contribution in [0.5, 0.6) is 0 Å². The molecule has 0 spiro atoms. The number of nitrogens with zero attached hydrogens (tertiary/aromatic N) is 1. The van der Waals surface area contributed by atoms with Crippen molar-refractivity contribution in [2.45, 2.75) is 70.4 Å². The fourth-order valence-electron chi connectivity index (χ4n) is 4.37. The highest BCUT2D eigenvalue weighted by atomic mass is 16.2. The predicted octanol–water partition coefficient (Wildman–Crippen LogP) is 3.32. The number of benzene rings is 1. The van der Waals surface area contributed by atoms with Gasteiger partial charge in [-0.3, -0.25) is 14.5 Å². The molecule has 1 aliphatic carbocycles. The molecule has 3 rings (SSSR count). The van der Waals surface area contributed by atoms with E-state index in [4.69, 9.17) is 0 Å². The number of nitrogens with one attached hydrogen (secondary N) is 2. The Morgan fingerprint density at radius 3 is 2.61 bits per heavy atom. The summed E-state index contributed by atoms with van der Waals surface area (Å²) in [5.41, 5.74) is -0.308. The van der Waals surface area contributed by atoms with Crippen LogP contribution in [-0.4, -0.2) is 35.3 Å². The minimum Gasteiger partial charge on any atom is -0.352 e. The standard InChI is InChI=1S/C22H31N3O3/c1-3-4-14-22(17-11-6-5-7-12-17)20(27)25(21(28)24-22)15-19(26)23-18-13-9-8-10-16(18)2/h5-7,11-12,16,18H,3-4,8-10,13-15H2,1-2H3,(H,23,26)(H,24,28). The van der Waals surface area contributed by atoms with Crippen LogP contribution >= 0.6 is 0 Å². The summed E-state index contributed by atoms with van der Waals surface area (Å²) in [7, 11) is 0. The van der Waals surface area contributed by atoms with Crippen LogP contribution in [0.2, 0.25) is 0 Å². The highest BCUT2D eigenvalue weighted by Gasteiger charge is 2.52. The van der Waals surface area contributed by atoms with E-state index in [1.54, 1.807) is 0 Å². The Morgan fingerprint density at radius 2 is 1.93 bits per heavy atom. The van der Waals surface area contributed by atoms with E-state index in [-0.39, 0.29) is 24.4 Å². The molecule has 0 radical (unpaired) electrons. The predicted molar refractivity (Wildman–Crippen MR) is 107 cm³/mol. The molecule has 1 saturated carbocycles. The second kappa shape index (κ2) is 8.76. The molecule has 0 bridgehead atoms. The smallest absolute Gasteiger partial charge is 0.325 e. The normalized spacial score (nSPS) is 27.6. The van der Waals surface area contributed by atoms with Crippen molar-refractivity contribution in [3.8, 4) is 0 Å². The lowest BCUT2D eigenvalue weighted by Crippen LogP contribution is -2.48. The Balaban J connectivity index is 1.74. The number of rotatable bonds is 7. The second-order valence-electron chi connectivity index (χ2n) is 8.13. The third-order valence-corrected chi connectivity index (χ3v) is 6.11. The van der Waals surface area contributed by atoms with Crippen molar-refractivity contribution in [3.63, 3.8) is 0 Å². The number of hydrogen-bond donors (Lipinski definition) is 2. The summed E-state index contributed by atoms with van der Waals surface area (Å²) in [6.45, 7) is 3.97. The lowest BCUT2D eigenvalue weighted by atomic mass is 9.85. The monoisotopic (exact) mass is 385 g/mol. The Kier molecular flexibility index (Phi) is 6.37. The molecule has 1 aliphatic heterocycles. The average Bonchev–Trinajstić information content (AvgIpc) is 2.94. The number of hydrogen-bond acceptors (Lipinski definition) is 3. The van der Waals surface area contributed by atoms with Crippen molar-refractivity contribution in [3.05, 3.63) is 35.9 Å². The van der Waals surface area contributed by atoms with E-state index in [0.717, 1.165) is 42.6 Å². The largest absolute Gasteiger partial charge is 0.352 e. The Bertz CT molecular complexity index is 721. The summed E-state index contributed by atoms with van der Waals surface area (Å²) in [5, 5.41) is 5.93. The van der Waals surface area contributed by atoms with E-state index in [0.29, 0.717) is 12.3 Å². The Labute approximate surface area is 167 Å². The van der Waals surface area contributed by atoms with E-state index in [1.165, 1.54) is 6.42 Å². The fourth-order valence-corrected chi connectivity index (χ4v) is 4.37. The van der Waals surface area contributed by atoms with Crippen molar-refractivity contribution in [1.29, 1.82) is 0 Å². The molecule has 2 aliphatic rings. The molecule has 6 heteroatoms. The molecule has 3 atom stereocenters. The van der Waals surface area contributed by atoms with Gasteiger partial charge in [0, 0.05) is 6.04 Å². The summed E-state index contributed by atoms with van der Waals surface area (Å²) >= 11 is 0. The molecular weight excluding hydrogens is 354 g/mol. The lowest BCUT2D eigenvalue weighted by molar-refractivity contribution is -0.135. The van der Waals surface area contributed by atoms with Crippen LogP contribution in [0.4, 0.5) is 4.79 Å². The molecule has 1 aromatic carbocycles. The van der Waals surface area contributed by atoms with Gasteiger partial charge in [0.05, 0.1) is 0 Å². The first-order valence-electron chi connectivity index (χ1n) is 10.5. The summed E-state index contributed by atoms with van der Waals surface area (Å²) < 4.78 is 0. The maximum absolute atomic E-state index is 13.3.